The third-order valence-electron chi connectivity index (χ3n) is 7.20. The van der Waals surface area contributed by atoms with Gasteiger partial charge in [0.2, 0.25) is 0 Å². The molecule has 2 nitrogen and oxygen atoms in total. The maximum absolute atomic E-state index is 2.52. The van der Waals surface area contributed by atoms with Gasteiger partial charge in [-0.05, 0) is 12.8 Å². The zero-order valence-electron chi connectivity index (χ0n) is 22.4. The molecule has 0 amide bonds. The van der Waals surface area contributed by atoms with E-state index < -0.39 is 0 Å². The van der Waals surface area contributed by atoms with Gasteiger partial charge in [0.1, 0.15) is 0 Å². The van der Waals surface area contributed by atoms with Gasteiger partial charge in [0.25, 0.3) is 0 Å². The van der Waals surface area contributed by atoms with Gasteiger partial charge in [-0.1, -0.05) is 149 Å². The molecule has 0 aromatic heterocycles. The molecule has 0 bridgehead atoms. The number of hydrogen-bond acceptors (Lipinski definition) is 2. The van der Waals surface area contributed by atoms with E-state index in [2.05, 4.69) is 36.0 Å². The lowest BCUT2D eigenvalue weighted by Crippen LogP contribution is -2.26. The molecule has 0 fully saturated rings. The molecule has 0 aromatic carbocycles. The van der Waals surface area contributed by atoms with E-state index in [1.807, 2.05) is 0 Å². The molecule has 1 rings (SSSR count). The monoisotopic (exact) mass is 448 g/mol. The molecule has 1 aliphatic rings. The SMILES string of the molecule is CCCCCCCCCCCCCCN1C=CN(CCCCCCCCCCCCC)C1. The molecule has 0 radical (unpaired) electrons. The van der Waals surface area contributed by atoms with Gasteiger partial charge in [0.15, 0.2) is 0 Å². The Balaban J connectivity index is 1.78. The zero-order valence-corrected chi connectivity index (χ0v) is 22.4. The summed E-state index contributed by atoms with van der Waals surface area (Å²) in [6.07, 6.45) is 37.7. The molecule has 0 spiro atoms. The molecule has 32 heavy (non-hydrogen) atoms. The van der Waals surface area contributed by atoms with Crippen LogP contribution in [0.15, 0.2) is 12.4 Å². The van der Waals surface area contributed by atoms with E-state index in [0.29, 0.717) is 0 Å². The van der Waals surface area contributed by atoms with E-state index in [1.54, 1.807) is 0 Å². The molecule has 1 heterocycles. The highest BCUT2D eigenvalue weighted by atomic mass is 15.3. The number of nitrogens with zero attached hydrogens (tertiary/aromatic N) is 2. The van der Waals surface area contributed by atoms with Crippen LogP contribution in [0.3, 0.4) is 0 Å². The lowest BCUT2D eigenvalue weighted by molar-refractivity contribution is 0.257. The first-order valence-corrected chi connectivity index (χ1v) is 15.0. The molecule has 0 aliphatic carbocycles. The van der Waals surface area contributed by atoms with Crippen LogP contribution in [0.4, 0.5) is 0 Å². The van der Waals surface area contributed by atoms with E-state index in [1.165, 1.54) is 161 Å². The van der Waals surface area contributed by atoms with Crippen LogP contribution in [-0.2, 0) is 0 Å². The molecule has 1 aliphatic heterocycles. The van der Waals surface area contributed by atoms with Crippen LogP contribution in [0, 0.1) is 0 Å². The van der Waals surface area contributed by atoms with Gasteiger partial charge >= 0.3 is 0 Å². The fraction of sp³-hybridized carbons (Fsp3) is 0.933. The highest BCUT2D eigenvalue weighted by Crippen LogP contribution is 2.15. The van der Waals surface area contributed by atoms with Gasteiger partial charge in [-0.15, -0.1) is 0 Å². The summed E-state index contributed by atoms with van der Waals surface area (Å²) in [6.45, 7) is 8.24. The summed E-state index contributed by atoms with van der Waals surface area (Å²) in [6, 6.07) is 0. The molecule has 2 heteroatoms. The van der Waals surface area contributed by atoms with Crippen molar-refractivity contribution < 1.29 is 0 Å². The van der Waals surface area contributed by atoms with Crippen molar-refractivity contribution in [3.8, 4) is 0 Å². The molecular formula is C30H60N2. The van der Waals surface area contributed by atoms with Crippen LogP contribution >= 0.6 is 0 Å². The quantitative estimate of drug-likeness (QED) is 0.128. The molecule has 0 unspecified atom stereocenters. The van der Waals surface area contributed by atoms with E-state index in [0.717, 1.165) is 6.67 Å². The minimum atomic E-state index is 1.13. The van der Waals surface area contributed by atoms with E-state index in [9.17, 15) is 0 Å². The standard InChI is InChI=1S/C30H60N2/c1-3-5-7-9-11-13-15-17-19-21-23-25-27-32-29-28-31(30-32)26-24-22-20-18-16-14-12-10-8-6-4-2/h28-29H,3-27,30H2,1-2H3. The first-order chi connectivity index (χ1) is 15.9. The van der Waals surface area contributed by atoms with Crippen molar-refractivity contribution in [3.05, 3.63) is 12.4 Å². The summed E-state index contributed by atoms with van der Waals surface area (Å²) in [7, 11) is 0. The highest BCUT2D eigenvalue weighted by Gasteiger charge is 2.10. The Kier molecular flexibility index (Phi) is 21.6. The maximum Gasteiger partial charge on any atom is 0.0893 e. The van der Waals surface area contributed by atoms with Crippen LogP contribution in [0.25, 0.3) is 0 Å². The number of unbranched alkanes of at least 4 members (excludes halogenated alkanes) is 21. The maximum atomic E-state index is 2.52. The molecular weight excluding hydrogens is 388 g/mol. The third kappa shape index (κ3) is 18.9. The summed E-state index contributed by atoms with van der Waals surface area (Å²) in [4.78, 5) is 5.04. The molecule has 0 saturated heterocycles. The van der Waals surface area contributed by atoms with Gasteiger partial charge in [0.05, 0.1) is 6.67 Å². The lowest BCUT2D eigenvalue weighted by Gasteiger charge is -2.21. The van der Waals surface area contributed by atoms with Crippen LogP contribution in [-0.4, -0.2) is 29.6 Å². The van der Waals surface area contributed by atoms with E-state index in [-0.39, 0.29) is 0 Å². The molecule has 0 atom stereocenters. The summed E-state index contributed by atoms with van der Waals surface area (Å²) < 4.78 is 0. The Hall–Kier alpha value is -0.660. The topological polar surface area (TPSA) is 6.48 Å². The molecule has 190 valence electrons. The fourth-order valence-corrected chi connectivity index (χ4v) is 4.94. The van der Waals surface area contributed by atoms with E-state index >= 15 is 0 Å². The second-order valence-electron chi connectivity index (χ2n) is 10.5. The summed E-state index contributed by atoms with van der Waals surface area (Å²) in [5, 5.41) is 0. The number of hydrogen-bond donors (Lipinski definition) is 0. The van der Waals surface area contributed by atoms with Gasteiger partial charge in [-0.25, -0.2) is 0 Å². The largest absolute Gasteiger partial charge is 0.359 e. The van der Waals surface area contributed by atoms with Crippen LogP contribution in [0.2, 0.25) is 0 Å². The predicted molar refractivity (Wildman–Crippen MR) is 145 cm³/mol. The van der Waals surface area contributed by atoms with Crippen molar-refractivity contribution >= 4 is 0 Å². The summed E-state index contributed by atoms with van der Waals surface area (Å²) in [5.41, 5.74) is 0. The van der Waals surface area contributed by atoms with E-state index in [4.69, 9.17) is 0 Å². The molecule has 0 aromatic rings. The highest BCUT2D eigenvalue weighted by molar-refractivity contribution is 4.90. The second-order valence-corrected chi connectivity index (χ2v) is 10.5. The smallest absolute Gasteiger partial charge is 0.0893 e. The van der Waals surface area contributed by atoms with Crippen LogP contribution in [0.1, 0.15) is 162 Å². The van der Waals surface area contributed by atoms with Crippen molar-refractivity contribution in [2.45, 2.75) is 162 Å². The summed E-state index contributed by atoms with van der Waals surface area (Å²) >= 11 is 0. The van der Waals surface area contributed by atoms with Crippen molar-refractivity contribution in [1.29, 1.82) is 0 Å². The van der Waals surface area contributed by atoms with Gasteiger partial charge < -0.3 is 9.80 Å². The number of rotatable bonds is 25. The minimum absolute atomic E-state index is 1.13. The third-order valence-corrected chi connectivity index (χ3v) is 7.20. The average Bonchev–Trinajstić information content (AvgIpc) is 3.26. The van der Waals surface area contributed by atoms with Crippen LogP contribution < -0.4 is 0 Å². The van der Waals surface area contributed by atoms with Crippen LogP contribution in [0.5, 0.6) is 0 Å². The molecule has 0 N–H and O–H groups in total. The van der Waals surface area contributed by atoms with Gasteiger partial charge in [-0.2, -0.15) is 0 Å². The Morgan fingerprint density at radius 2 is 0.625 bits per heavy atom. The Bertz CT molecular complexity index is 392. The van der Waals surface area contributed by atoms with Crippen molar-refractivity contribution in [2.24, 2.45) is 0 Å². The average molecular weight is 449 g/mol. The second kappa shape index (κ2) is 23.5. The zero-order chi connectivity index (χ0) is 23.0. The first kappa shape index (κ1) is 29.4. The van der Waals surface area contributed by atoms with Crippen molar-refractivity contribution in [2.75, 3.05) is 19.8 Å². The Morgan fingerprint density at radius 3 is 0.906 bits per heavy atom. The summed E-state index contributed by atoms with van der Waals surface area (Å²) in [5.74, 6) is 0. The van der Waals surface area contributed by atoms with Crippen molar-refractivity contribution in [3.63, 3.8) is 0 Å². The first-order valence-electron chi connectivity index (χ1n) is 15.0. The Labute approximate surface area is 203 Å². The fourth-order valence-electron chi connectivity index (χ4n) is 4.94. The lowest BCUT2D eigenvalue weighted by atomic mass is 10.1. The van der Waals surface area contributed by atoms with Gasteiger partial charge in [-0.3, -0.25) is 0 Å². The Morgan fingerprint density at radius 1 is 0.375 bits per heavy atom. The normalized spacial score (nSPS) is 13.6. The minimum Gasteiger partial charge on any atom is -0.359 e. The van der Waals surface area contributed by atoms with Gasteiger partial charge in [0, 0.05) is 25.5 Å². The predicted octanol–water partition coefficient (Wildman–Crippen LogP) is 10.0. The van der Waals surface area contributed by atoms with Crippen molar-refractivity contribution in [1.82, 2.24) is 9.80 Å². The molecule has 0 saturated carbocycles.